The first-order valence-corrected chi connectivity index (χ1v) is 5.88. The van der Waals surface area contributed by atoms with Crippen LogP contribution in [0.4, 0.5) is 0 Å². The SMILES string of the molecule is O=C(c1ccc(I)cc1)c1c[nH]c(C(=O)O)c1. The fraction of sp³-hybridized carbons (Fsp3) is 0. The van der Waals surface area contributed by atoms with Crippen molar-refractivity contribution in [1.29, 1.82) is 0 Å². The molecule has 0 aliphatic heterocycles. The fourth-order valence-corrected chi connectivity index (χ4v) is 1.78. The maximum atomic E-state index is 12.0. The molecule has 4 nitrogen and oxygen atoms in total. The molecule has 2 aromatic rings. The summed E-state index contributed by atoms with van der Waals surface area (Å²) in [6.07, 6.45) is 1.41. The largest absolute Gasteiger partial charge is 0.477 e. The summed E-state index contributed by atoms with van der Waals surface area (Å²) in [5, 5.41) is 8.74. The van der Waals surface area contributed by atoms with Crippen LogP contribution in [0.25, 0.3) is 0 Å². The van der Waals surface area contributed by atoms with E-state index in [1.807, 2.05) is 12.1 Å². The van der Waals surface area contributed by atoms with Crippen LogP contribution in [0.5, 0.6) is 0 Å². The average Bonchev–Trinajstić information content (AvgIpc) is 2.78. The van der Waals surface area contributed by atoms with Crippen molar-refractivity contribution in [2.75, 3.05) is 0 Å². The van der Waals surface area contributed by atoms with Gasteiger partial charge in [-0.3, -0.25) is 4.79 Å². The van der Waals surface area contributed by atoms with Gasteiger partial charge in [0.15, 0.2) is 5.78 Å². The normalized spacial score (nSPS) is 10.2. The lowest BCUT2D eigenvalue weighted by molar-refractivity contribution is 0.0691. The van der Waals surface area contributed by atoms with E-state index in [1.165, 1.54) is 12.3 Å². The molecule has 0 fully saturated rings. The van der Waals surface area contributed by atoms with Gasteiger partial charge in [-0.15, -0.1) is 0 Å². The lowest BCUT2D eigenvalue weighted by atomic mass is 10.1. The first-order valence-electron chi connectivity index (χ1n) is 4.80. The molecule has 2 N–H and O–H groups in total. The van der Waals surface area contributed by atoms with Crippen molar-refractivity contribution >= 4 is 34.3 Å². The highest BCUT2D eigenvalue weighted by Crippen LogP contribution is 2.13. The third-order valence-electron chi connectivity index (χ3n) is 2.28. The molecule has 0 bridgehead atoms. The predicted molar refractivity (Wildman–Crippen MR) is 70.3 cm³/mol. The lowest BCUT2D eigenvalue weighted by Gasteiger charge is -1.97. The lowest BCUT2D eigenvalue weighted by Crippen LogP contribution is -2.00. The summed E-state index contributed by atoms with van der Waals surface area (Å²) < 4.78 is 1.04. The topological polar surface area (TPSA) is 70.2 Å². The Kier molecular flexibility index (Phi) is 3.28. The highest BCUT2D eigenvalue weighted by molar-refractivity contribution is 14.1. The van der Waals surface area contributed by atoms with Crippen LogP contribution in [-0.2, 0) is 0 Å². The van der Waals surface area contributed by atoms with E-state index in [1.54, 1.807) is 12.1 Å². The highest BCUT2D eigenvalue weighted by atomic mass is 127. The number of carboxylic acid groups (broad SMARTS) is 1. The Bertz CT molecular complexity index is 572. The van der Waals surface area contributed by atoms with E-state index in [-0.39, 0.29) is 11.5 Å². The minimum atomic E-state index is -1.08. The molecule has 0 saturated heterocycles. The Labute approximate surface area is 111 Å². The Morgan fingerprint density at radius 2 is 1.76 bits per heavy atom. The number of carboxylic acids is 1. The smallest absolute Gasteiger partial charge is 0.352 e. The molecule has 17 heavy (non-hydrogen) atoms. The van der Waals surface area contributed by atoms with Crippen LogP contribution in [0.2, 0.25) is 0 Å². The molecule has 0 unspecified atom stereocenters. The Hall–Kier alpha value is -1.63. The number of carbonyl (C=O) groups is 2. The molecule has 1 aromatic carbocycles. The Balaban J connectivity index is 2.30. The van der Waals surface area contributed by atoms with Gasteiger partial charge in [0.05, 0.1) is 0 Å². The van der Waals surface area contributed by atoms with E-state index in [0.717, 1.165) is 3.57 Å². The monoisotopic (exact) mass is 341 g/mol. The van der Waals surface area contributed by atoms with E-state index >= 15 is 0 Å². The summed E-state index contributed by atoms with van der Waals surface area (Å²) in [4.78, 5) is 25.2. The van der Waals surface area contributed by atoms with Gasteiger partial charge in [-0.2, -0.15) is 0 Å². The fourth-order valence-electron chi connectivity index (χ4n) is 1.42. The molecule has 0 amide bonds. The summed E-state index contributed by atoms with van der Waals surface area (Å²) in [6.45, 7) is 0. The van der Waals surface area contributed by atoms with Crippen molar-refractivity contribution in [1.82, 2.24) is 4.98 Å². The van der Waals surface area contributed by atoms with E-state index in [4.69, 9.17) is 5.11 Å². The molecule has 1 aromatic heterocycles. The van der Waals surface area contributed by atoms with Crippen LogP contribution < -0.4 is 0 Å². The second-order valence-electron chi connectivity index (χ2n) is 3.44. The van der Waals surface area contributed by atoms with Gasteiger partial charge >= 0.3 is 5.97 Å². The van der Waals surface area contributed by atoms with Crippen molar-refractivity contribution in [2.24, 2.45) is 0 Å². The van der Waals surface area contributed by atoms with Gasteiger partial charge in [0, 0.05) is 20.9 Å². The van der Waals surface area contributed by atoms with Gasteiger partial charge in [-0.1, -0.05) is 0 Å². The molecule has 0 spiro atoms. The Morgan fingerprint density at radius 1 is 1.12 bits per heavy atom. The molecule has 86 valence electrons. The average molecular weight is 341 g/mol. The molecular weight excluding hydrogens is 333 g/mol. The Morgan fingerprint density at radius 3 is 2.29 bits per heavy atom. The maximum absolute atomic E-state index is 12.0. The van der Waals surface area contributed by atoms with Crippen molar-refractivity contribution < 1.29 is 14.7 Å². The summed E-state index contributed by atoms with van der Waals surface area (Å²) in [6, 6.07) is 8.44. The van der Waals surface area contributed by atoms with Crippen molar-refractivity contribution in [3.05, 3.63) is 56.9 Å². The van der Waals surface area contributed by atoms with Crippen molar-refractivity contribution in [3.8, 4) is 0 Å². The van der Waals surface area contributed by atoms with E-state index < -0.39 is 5.97 Å². The van der Waals surface area contributed by atoms with Gasteiger partial charge in [0.2, 0.25) is 0 Å². The van der Waals surface area contributed by atoms with Crippen LogP contribution in [0.1, 0.15) is 26.4 Å². The second-order valence-corrected chi connectivity index (χ2v) is 4.69. The van der Waals surface area contributed by atoms with Crippen molar-refractivity contribution in [2.45, 2.75) is 0 Å². The number of aromatic nitrogens is 1. The predicted octanol–water partition coefficient (Wildman–Crippen LogP) is 2.55. The van der Waals surface area contributed by atoms with Crippen LogP contribution >= 0.6 is 22.6 Å². The molecule has 0 saturated carbocycles. The number of aromatic amines is 1. The summed E-state index contributed by atoms with van der Waals surface area (Å²) >= 11 is 2.15. The molecule has 1 heterocycles. The number of ketones is 1. The van der Waals surface area contributed by atoms with E-state index in [2.05, 4.69) is 27.6 Å². The van der Waals surface area contributed by atoms with Gasteiger partial charge in [0.1, 0.15) is 5.69 Å². The van der Waals surface area contributed by atoms with Crippen LogP contribution in [0.15, 0.2) is 36.5 Å². The maximum Gasteiger partial charge on any atom is 0.352 e. The van der Waals surface area contributed by atoms with Gasteiger partial charge in [0.25, 0.3) is 0 Å². The van der Waals surface area contributed by atoms with Crippen LogP contribution in [0, 0.1) is 3.57 Å². The van der Waals surface area contributed by atoms with Crippen LogP contribution in [-0.4, -0.2) is 21.8 Å². The number of nitrogens with one attached hydrogen (secondary N) is 1. The first-order chi connectivity index (χ1) is 8.08. The number of carbonyl (C=O) groups excluding carboxylic acids is 1. The van der Waals surface area contributed by atoms with E-state index in [0.29, 0.717) is 11.1 Å². The molecule has 5 heteroatoms. The number of benzene rings is 1. The van der Waals surface area contributed by atoms with Gasteiger partial charge in [-0.25, -0.2) is 4.79 Å². The van der Waals surface area contributed by atoms with E-state index in [9.17, 15) is 9.59 Å². The number of hydrogen-bond acceptors (Lipinski definition) is 2. The number of rotatable bonds is 3. The molecular formula is C12H8INO3. The quantitative estimate of drug-likeness (QED) is 0.666. The zero-order valence-corrected chi connectivity index (χ0v) is 10.8. The number of H-pyrrole nitrogens is 1. The minimum Gasteiger partial charge on any atom is -0.477 e. The third kappa shape index (κ3) is 2.55. The number of hydrogen-bond donors (Lipinski definition) is 2. The molecule has 0 aliphatic rings. The van der Waals surface area contributed by atoms with Gasteiger partial charge < -0.3 is 10.1 Å². The minimum absolute atomic E-state index is 0.0128. The van der Waals surface area contributed by atoms with Crippen LogP contribution in [0.3, 0.4) is 0 Å². The summed E-state index contributed by atoms with van der Waals surface area (Å²) in [7, 11) is 0. The standard InChI is InChI=1S/C12H8INO3/c13-9-3-1-7(2-4-9)11(15)8-5-10(12(16)17)14-6-8/h1-6,14H,(H,16,17). The van der Waals surface area contributed by atoms with Gasteiger partial charge in [-0.05, 0) is 52.9 Å². The third-order valence-corrected chi connectivity index (χ3v) is 3.00. The first kappa shape index (κ1) is 11.8. The molecule has 0 radical (unpaired) electrons. The number of halogens is 1. The van der Waals surface area contributed by atoms with Crippen molar-refractivity contribution in [3.63, 3.8) is 0 Å². The highest BCUT2D eigenvalue weighted by Gasteiger charge is 2.13. The zero-order chi connectivity index (χ0) is 12.4. The second kappa shape index (κ2) is 4.70. The molecule has 2 rings (SSSR count). The molecule has 0 atom stereocenters. The number of aromatic carboxylic acids is 1. The molecule has 0 aliphatic carbocycles. The summed E-state index contributed by atoms with van der Waals surface area (Å²) in [5.41, 5.74) is 0.906. The zero-order valence-electron chi connectivity index (χ0n) is 8.61. The summed E-state index contributed by atoms with van der Waals surface area (Å²) in [5.74, 6) is -1.27.